The molecule has 0 unspecified atom stereocenters. The van der Waals surface area contributed by atoms with Crippen LogP contribution in [0.1, 0.15) is 20.8 Å². The van der Waals surface area contributed by atoms with Crippen LogP contribution in [-0.4, -0.2) is 25.7 Å². The fraction of sp³-hybridized carbons (Fsp3) is 0.692. The first-order valence-corrected chi connectivity index (χ1v) is 5.84. The monoisotopic (exact) mass is 238 g/mol. The molecule has 1 heterocycles. The number of carbonyl (C=O) groups excluding carboxylic acids is 2. The van der Waals surface area contributed by atoms with Gasteiger partial charge in [0, 0.05) is 5.41 Å². The molecule has 0 bridgehead atoms. The van der Waals surface area contributed by atoms with E-state index in [1.165, 1.54) is 7.11 Å². The summed E-state index contributed by atoms with van der Waals surface area (Å²) >= 11 is 0. The number of ether oxygens (including phenoxy) is 2. The number of allylic oxidation sites excluding steroid dienone is 1. The molecule has 94 valence electrons. The van der Waals surface area contributed by atoms with Gasteiger partial charge < -0.3 is 9.47 Å². The van der Waals surface area contributed by atoms with Crippen molar-refractivity contribution in [2.75, 3.05) is 13.7 Å². The summed E-state index contributed by atoms with van der Waals surface area (Å²) in [4.78, 5) is 23.7. The highest BCUT2D eigenvalue weighted by atomic mass is 16.5. The summed E-state index contributed by atoms with van der Waals surface area (Å²) in [7, 11) is 1.36. The van der Waals surface area contributed by atoms with Crippen LogP contribution in [0, 0.1) is 23.2 Å². The van der Waals surface area contributed by atoms with Crippen molar-refractivity contribution in [2.45, 2.75) is 20.8 Å². The SMILES string of the molecule is COC(=O)[C@@H]1[C@@H](C)C(C)=C[C@@]2(C)COC(=O)[C@@H]12. The summed E-state index contributed by atoms with van der Waals surface area (Å²) in [5.41, 5.74) is 0.754. The van der Waals surface area contributed by atoms with Gasteiger partial charge in [-0.1, -0.05) is 25.5 Å². The second kappa shape index (κ2) is 3.86. The highest BCUT2D eigenvalue weighted by Gasteiger charge is 2.56. The first kappa shape index (κ1) is 12.1. The van der Waals surface area contributed by atoms with Crippen LogP contribution in [0.2, 0.25) is 0 Å². The number of hydrogen-bond donors (Lipinski definition) is 0. The van der Waals surface area contributed by atoms with E-state index in [9.17, 15) is 9.59 Å². The third-order valence-electron chi connectivity index (χ3n) is 4.14. The van der Waals surface area contributed by atoms with E-state index in [0.29, 0.717) is 6.61 Å². The standard InChI is InChI=1S/C13H18O4/c1-7-5-13(3)6-17-12(15)10(13)9(8(7)2)11(14)16-4/h5,8-10H,6H2,1-4H3/t8-,9+,10+,13-/m0/s1. The van der Waals surface area contributed by atoms with Gasteiger partial charge in [0.25, 0.3) is 0 Å². The molecule has 0 aromatic carbocycles. The minimum Gasteiger partial charge on any atom is -0.469 e. The zero-order chi connectivity index (χ0) is 12.8. The molecule has 0 saturated carbocycles. The lowest BCUT2D eigenvalue weighted by atomic mass is 9.62. The molecular formula is C13H18O4. The molecule has 4 atom stereocenters. The van der Waals surface area contributed by atoms with Crippen LogP contribution in [0.5, 0.6) is 0 Å². The summed E-state index contributed by atoms with van der Waals surface area (Å²) in [5.74, 6) is -1.41. The van der Waals surface area contributed by atoms with E-state index in [-0.39, 0.29) is 23.3 Å². The molecule has 0 spiro atoms. The van der Waals surface area contributed by atoms with Gasteiger partial charge in [0.2, 0.25) is 0 Å². The number of cyclic esters (lactones) is 1. The summed E-state index contributed by atoms with van der Waals surface area (Å²) in [5, 5.41) is 0. The van der Waals surface area contributed by atoms with Gasteiger partial charge in [-0.25, -0.2) is 0 Å². The molecule has 0 N–H and O–H groups in total. The summed E-state index contributed by atoms with van der Waals surface area (Å²) in [6.45, 7) is 6.27. The maximum absolute atomic E-state index is 11.9. The van der Waals surface area contributed by atoms with Gasteiger partial charge in [-0.2, -0.15) is 0 Å². The lowest BCUT2D eigenvalue weighted by Crippen LogP contribution is -2.44. The topological polar surface area (TPSA) is 52.6 Å². The van der Waals surface area contributed by atoms with Gasteiger partial charge in [0.05, 0.1) is 18.9 Å². The molecule has 1 saturated heterocycles. The van der Waals surface area contributed by atoms with Crippen LogP contribution in [0.4, 0.5) is 0 Å². The predicted molar refractivity (Wildman–Crippen MR) is 61.0 cm³/mol. The van der Waals surface area contributed by atoms with Crippen molar-refractivity contribution < 1.29 is 19.1 Å². The Kier molecular flexibility index (Phi) is 2.76. The van der Waals surface area contributed by atoms with Crippen LogP contribution in [0.3, 0.4) is 0 Å². The number of fused-ring (bicyclic) bond motifs is 1. The third-order valence-corrected chi connectivity index (χ3v) is 4.14. The number of esters is 2. The molecule has 2 rings (SSSR count). The zero-order valence-corrected chi connectivity index (χ0v) is 10.6. The minimum atomic E-state index is -0.426. The van der Waals surface area contributed by atoms with Crippen LogP contribution in [-0.2, 0) is 19.1 Å². The van der Waals surface area contributed by atoms with Crippen molar-refractivity contribution in [1.82, 2.24) is 0 Å². The molecular weight excluding hydrogens is 220 g/mol. The van der Waals surface area contributed by atoms with E-state index in [4.69, 9.17) is 9.47 Å². The lowest BCUT2D eigenvalue weighted by Gasteiger charge is -2.38. The number of methoxy groups -OCH3 is 1. The van der Waals surface area contributed by atoms with E-state index in [2.05, 4.69) is 6.08 Å². The van der Waals surface area contributed by atoms with Crippen LogP contribution < -0.4 is 0 Å². The highest BCUT2D eigenvalue weighted by Crippen LogP contribution is 2.49. The maximum Gasteiger partial charge on any atom is 0.310 e. The second-order valence-electron chi connectivity index (χ2n) is 5.32. The predicted octanol–water partition coefficient (Wildman–Crippen LogP) is 1.55. The molecule has 0 radical (unpaired) electrons. The van der Waals surface area contributed by atoms with E-state index in [1.807, 2.05) is 20.8 Å². The molecule has 0 amide bonds. The first-order chi connectivity index (χ1) is 7.90. The molecule has 1 aliphatic carbocycles. The largest absolute Gasteiger partial charge is 0.469 e. The van der Waals surface area contributed by atoms with Crippen molar-refractivity contribution in [3.63, 3.8) is 0 Å². The third kappa shape index (κ3) is 1.66. The van der Waals surface area contributed by atoms with Crippen LogP contribution in [0.15, 0.2) is 11.6 Å². The van der Waals surface area contributed by atoms with Crippen molar-refractivity contribution in [1.29, 1.82) is 0 Å². The fourth-order valence-corrected chi connectivity index (χ4v) is 3.06. The molecule has 4 nitrogen and oxygen atoms in total. The van der Waals surface area contributed by atoms with Crippen LogP contribution in [0.25, 0.3) is 0 Å². The Hall–Kier alpha value is -1.32. The Morgan fingerprint density at radius 1 is 1.59 bits per heavy atom. The van der Waals surface area contributed by atoms with Crippen molar-refractivity contribution in [3.8, 4) is 0 Å². The molecule has 2 aliphatic rings. The average molecular weight is 238 g/mol. The molecule has 0 aromatic rings. The average Bonchev–Trinajstić information content (AvgIpc) is 2.56. The van der Waals surface area contributed by atoms with E-state index in [1.54, 1.807) is 0 Å². The Bertz CT molecular complexity index is 398. The fourth-order valence-electron chi connectivity index (χ4n) is 3.06. The normalized spacial score (nSPS) is 40.4. The first-order valence-electron chi connectivity index (χ1n) is 5.84. The summed E-state index contributed by atoms with van der Waals surface area (Å²) in [6, 6.07) is 0. The van der Waals surface area contributed by atoms with Gasteiger partial charge in [-0.05, 0) is 12.8 Å². The number of hydrogen-bond acceptors (Lipinski definition) is 4. The quantitative estimate of drug-likeness (QED) is 0.514. The van der Waals surface area contributed by atoms with Crippen molar-refractivity contribution in [2.24, 2.45) is 23.2 Å². The van der Waals surface area contributed by atoms with Crippen LogP contribution >= 0.6 is 0 Å². The highest BCUT2D eigenvalue weighted by molar-refractivity contribution is 5.85. The van der Waals surface area contributed by atoms with Gasteiger partial charge >= 0.3 is 11.9 Å². The molecule has 17 heavy (non-hydrogen) atoms. The maximum atomic E-state index is 11.9. The lowest BCUT2D eigenvalue weighted by molar-refractivity contribution is -0.156. The van der Waals surface area contributed by atoms with E-state index < -0.39 is 11.8 Å². The second-order valence-corrected chi connectivity index (χ2v) is 5.32. The minimum absolute atomic E-state index is 0.0196. The summed E-state index contributed by atoms with van der Waals surface area (Å²) in [6.07, 6.45) is 2.08. The smallest absolute Gasteiger partial charge is 0.310 e. The molecule has 1 fully saturated rings. The van der Waals surface area contributed by atoms with E-state index >= 15 is 0 Å². The Labute approximate surface area is 101 Å². The zero-order valence-electron chi connectivity index (χ0n) is 10.6. The molecule has 4 heteroatoms. The van der Waals surface area contributed by atoms with Gasteiger partial charge in [0.1, 0.15) is 6.61 Å². The Morgan fingerprint density at radius 2 is 2.24 bits per heavy atom. The number of carbonyl (C=O) groups is 2. The summed E-state index contributed by atoms with van der Waals surface area (Å²) < 4.78 is 9.97. The van der Waals surface area contributed by atoms with Gasteiger partial charge in [0.15, 0.2) is 0 Å². The Morgan fingerprint density at radius 3 is 2.82 bits per heavy atom. The van der Waals surface area contributed by atoms with Crippen molar-refractivity contribution >= 4 is 11.9 Å². The molecule has 0 aromatic heterocycles. The molecule has 1 aliphatic heterocycles. The van der Waals surface area contributed by atoms with E-state index in [0.717, 1.165) is 5.57 Å². The van der Waals surface area contributed by atoms with Crippen molar-refractivity contribution in [3.05, 3.63) is 11.6 Å². The van der Waals surface area contributed by atoms with Gasteiger partial charge in [-0.3, -0.25) is 9.59 Å². The van der Waals surface area contributed by atoms with Gasteiger partial charge in [-0.15, -0.1) is 0 Å². The number of rotatable bonds is 1. The Balaban J connectivity index is 2.47.